The fourth-order valence-electron chi connectivity index (χ4n) is 3.79. The first-order valence-corrected chi connectivity index (χ1v) is 9.24. The smallest absolute Gasteiger partial charge is 0.222 e. The van der Waals surface area contributed by atoms with Crippen LogP contribution in [0.1, 0.15) is 24.0 Å². The molecule has 0 unspecified atom stereocenters. The summed E-state index contributed by atoms with van der Waals surface area (Å²) in [6.07, 6.45) is 2.15. The number of piperazine rings is 1. The van der Waals surface area contributed by atoms with Crippen molar-refractivity contribution in [1.82, 2.24) is 9.80 Å². The number of nitrogens with zero attached hydrogens (tertiary/aromatic N) is 3. The molecule has 1 aromatic rings. The molecule has 1 fully saturated rings. The Balaban J connectivity index is 1.85. The zero-order chi connectivity index (χ0) is 17.8. The van der Waals surface area contributed by atoms with E-state index in [1.54, 1.807) is 7.11 Å². The predicted molar refractivity (Wildman–Crippen MR) is 100 cm³/mol. The van der Waals surface area contributed by atoms with Gasteiger partial charge in [0.2, 0.25) is 5.91 Å². The van der Waals surface area contributed by atoms with Crippen molar-refractivity contribution in [2.24, 2.45) is 5.73 Å². The number of methoxy groups -OCH3 is 1. The minimum Gasteiger partial charge on any atom is -0.496 e. The monoisotopic (exact) mass is 346 g/mol. The van der Waals surface area contributed by atoms with Crippen LogP contribution in [-0.4, -0.2) is 69.1 Å². The molecule has 2 heterocycles. The fourth-order valence-corrected chi connectivity index (χ4v) is 3.79. The topological polar surface area (TPSA) is 62.0 Å². The Hall–Kier alpha value is -1.79. The van der Waals surface area contributed by atoms with Gasteiger partial charge in [-0.25, -0.2) is 0 Å². The molecule has 6 nitrogen and oxygen atoms in total. The minimum absolute atomic E-state index is 0.211. The summed E-state index contributed by atoms with van der Waals surface area (Å²) >= 11 is 0. The SMILES string of the molecule is COc1ccc(N2CCN(C)CC2)c2c1CCN(C(=O)CCCN)C2. The molecule has 0 spiro atoms. The molecule has 25 heavy (non-hydrogen) atoms. The van der Waals surface area contributed by atoms with E-state index in [1.807, 2.05) is 4.90 Å². The van der Waals surface area contributed by atoms with E-state index in [1.165, 1.54) is 16.8 Å². The fraction of sp³-hybridized carbons (Fsp3) is 0.632. The molecule has 6 heteroatoms. The molecule has 0 bridgehead atoms. The van der Waals surface area contributed by atoms with E-state index in [-0.39, 0.29) is 5.91 Å². The van der Waals surface area contributed by atoms with Crippen LogP contribution in [0.3, 0.4) is 0 Å². The van der Waals surface area contributed by atoms with Crippen LogP contribution in [0.2, 0.25) is 0 Å². The maximum Gasteiger partial charge on any atom is 0.222 e. The molecule has 1 amide bonds. The lowest BCUT2D eigenvalue weighted by Crippen LogP contribution is -2.45. The second-order valence-corrected chi connectivity index (χ2v) is 6.99. The van der Waals surface area contributed by atoms with Gasteiger partial charge in [0.1, 0.15) is 5.75 Å². The molecule has 1 saturated heterocycles. The average Bonchev–Trinajstić information content (AvgIpc) is 2.65. The Morgan fingerprint density at radius 3 is 2.60 bits per heavy atom. The van der Waals surface area contributed by atoms with Crippen LogP contribution in [0.5, 0.6) is 5.75 Å². The number of anilines is 1. The van der Waals surface area contributed by atoms with Gasteiger partial charge in [-0.15, -0.1) is 0 Å². The maximum absolute atomic E-state index is 12.5. The lowest BCUT2D eigenvalue weighted by Gasteiger charge is -2.38. The largest absolute Gasteiger partial charge is 0.496 e. The van der Waals surface area contributed by atoms with Crippen molar-refractivity contribution in [3.63, 3.8) is 0 Å². The highest BCUT2D eigenvalue weighted by molar-refractivity contribution is 5.77. The zero-order valence-electron chi connectivity index (χ0n) is 15.5. The number of carbonyl (C=O) groups is 1. The summed E-state index contributed by atoms with van der Waals surface area (Å²) in [4.78, 5) is 19.3. The first kappa shape index (κ1) is 18.0. The van der Waals surface area contributed by atoms with Gasteiger partial charge in [0, 0.05) is 62.5 Å². The molecule has 2 N–H and O–H groups in total. The molecule has 0 atom stereocenters. The highest BCUT2D eigenvalue weighted by atomic mass is 16.5. The molecule has 138 valence electrons. The van der Waals surface area contributed by atoms with Gasteiger partial charge >= 0.3 is 0 Å². The van der Waals surface area contributed by atoms with E-state index in [0.29, 0.717) is 19.5 Å². The van der Waals surface area contributed by atoms with Gasteiger partial charge in [0.15, 0.2) is 0 Å². The zero-order valence-corrected chi connectivity index (χ0v) is 15.5. The van der Waals surface area contributed by atoms with E-state index < -0.39 is 0 Å². The van der Waals surface area contributed by atoms with Crippen LogP contribution in [-0.2, 0) is 17.8 Å². The third kappa shape index (κ3) is 3.90. The summed E-state index contributed by atoms with van der Waals surface area (Å²) < 4.78 is 5.59. The van der Waals surface area contributed by atoms with Gasteiger partial charge in [-0.2, -0.15) is 0 Å². The number of amides is 1. The Morgan fingerprint density at radius 2 is 1.92 bits per heavy atom. The number of likely N-dealkylation sites (N-methyl/N-ethyl adjacent to an activating group) is 1. The summed E-state index contributed by atoms with van der Waals surface area (Å²) in [6, 6.07) is 4.25. The molecule has 3 rings (SSSR count). The Bertz CT molecular complexity index is 612. The van der Waals surface area contributed by atoms with Crippen molar-refractivity contribution in [2.75, 3.05) is 58.3 Å². The van der Waals surface area contributed by atoms with Crippen LogP contribution >= 0.6 is 0 Å². The number of benzene rings is 1. The van der Waals surface area contributed by atoms with Crippen LogP contribution in [0.25, 0.3) is 0 Å². The van der Waals surface area contributed by atoms with Crippen molar-refractivity contribution in [3.8, 4) is 5.75 Å². The average molecular weight is 346 g/mol. The Labute approximate surface area is 150 Å². The summed E-state index contributed by atoms with van der Waals surface area (Å²) in [7, 11) is 3.89. The molecule has 2 aliphatic heterocycles. The summed E-state index contributed by atoms with van der Waals surface area (Å²) in [6.45, 7) is 6.19. The summed E-state index contributed by atoms with van der Waals surface area (Å²) in [5, 5.41) is 0. The van der Waals surface area contributed by atoms with E-state index in [2.05, 4.69) is 29.0 Å². The quantitative estimate of drug-likeness (QED) is 0.864. The molecule has 0 radical (unpaired) electrons. The van der Waals surface area contributed by atoms with Crippen LogP contribution in [0.15, 0.2) is 12.1 Å². The number of nitrogens with two attached hydrogens (primary N) is 1. The third-order valence-electron chi connectivity index (χ3n) is 5.36. The predicted octanol–water partition coefficient (Wildman–Crippen LogP) is 1.07. The van der Waals surface area contributed by atoms with Gasteiger partial charge in [0.25, 0.3) is 0 Å². The van der Waals surface area contributed by atoms with E-state index in [0.717, 1.165) is 51.3 Å². The number of hydrogen-bond acceptors (Lipinski definition) is 5. The van der Waals surface area contributed by atoms with Crippen molar-refractivity contribution < 1.29 is 9.53 Å². The van der Waals surface area contributed by atoms with E-state index in [4.69, 9.17) is 10.5 Å². The Kier molecular flexibility index (Phi) is 5.81. The standard InChI is InChI=1S/C19H30N4O2/c1-21-10-12-22(13-11-21)17-5-6-18(25-2)15-7-9-23(14-16(15)17)19(24)4-3-8-20/h5-6H,3-4,7-14,20H2,1-2H3. The van der Waals surface area contributed by atoms with Crippen LogP contribution in [0, 0.1) is 0 Å². The normalized spacial score (nSPS) is 18.2. The van der Waals surface area contributed by atoms with Gasteiger partial charge < -0.3 is 25.2 Å². The molecule has 1 aromatic carbocycles. The second kappa shape index (κ2) is 8.06. The summed E-state index contributed by atoms with van der Waals surface area (Å²) in [5.41, 5.74) is 9.35. The van der Waals surface area contributed by atoms with Gasteiger partial charge in [-0.05, 0) is 38.6 Å². The van der Waals surface area contributed by atoms with Gasteiger partial charge in [0.05, 0.1) is 7.11 Å². The minimum atomic E-state index is 0.211. The lowest BCUT2D eigenvalue weighted by molar-refractivity contribution is -0.132. The van der Waals surface area contributed by atoms with Crippen molar-refractivity contribution >= 4 is 11.6 Å². The highest BCUT2D eigenvalue weighted by Gasteiger charge is 2.27. The number of carbonyl (C=O) groups excluding carboxylic acids is 1. The van der Waals surface area contributed by atoms with Crippen molar-refractivity contribution in [1.29, 1.82) is 0 Å². The Morgan fingerprint density at radius 1 is 1.16 bits per heavy atom. The number of hydrogen-bond donors (Lipinski definition) is 1. The highest BCUT2D eigenvalue weighted by Crippen LogP contribution is 2.36. The molecule has 0 saturated carbocycles. The maximum atomic E-state index is 12.5. The first-order chi connectivity index (χ1) is 12.1. The first-order valence-electron chi connectivity index (χ1n) is 9.24. The molecule has 0 aromatic heterocycles. The molecule has 2 aliphatic rings. The van der Waals surface area contributed by atoms with Crippen molar-refractivity contribution in [3.05, 3.63) is 23.3 Å². The summed E-state index contributed by atoms with van der Waals surface area (Å²) in [5.74, 6) is 1.16. The van der Waals surface area contributed by atoms with Gasteiger partial charge in [-0.1, -0.05) is 0 Å². The molecular weight excluding hydrogens is 316 g/mol. The second-order valence-electron chi connectivity index (χ2n) is 6.99. The molecule has 0 aliphatic carbocycles. The van der Waals surface area contributed by atoms with Crippen LogP contribution < -0.4 is 15.4 Å². The number of fused-ring (bicyclic) bond motifs is 1. The molecular formula is C19H30N4O2. The van der Waals surface area contributed by atoms with E-state index >= 15 is 0 Å². The van der Waals surface area contributed by atoms with Crippen molar-refractivity contribution in [2.45, 2.75) is 25.8 Å². The van der Waals surface area contributed by atoms with E-state index in [9.17, 15) is 4.79 Å². The number of ether oxygens (including phenoxy) is 1. The number of rotatable bonds is 5. The third-order valence-corrected chi connectivity index (χ3v) is 5.36. The van der Waals surface area contributed by atoms with Crippen LogP contribution in [0.4, 0.5) is 5.69 Å². The van der Waals surface area contributed by atoms with Gasteiger partial charge in [-0.3, -0.25) is 4.79 Å². The lowest BCUT2D eigenvalue weighted by atomic mass is 9.95.